The Kier molecular flexibility index (Phi) is 7.92. The molecule has 0 radical (unpaired) electrons. The smallest absolute Gasteiger partial charge is 0.249 e. The summed E-state index contributed by atoms with van der Waals surface area (Å²) in [6.07, 6.45) is -5.67. The molecule has 1 saturated carbocycles. The molecule has 1 aliphatic carbocycles. The Hall–Kier alpha value is -1.96. The summed E-state index contributed by atoms with van der Waals surface area (Å²) in [5.41, 5.74) is 1.50. The minimum Gasteiger partial charge on any atom is -0.390 e. The Morgan fingerprint density at radius 3 is 2.16 bits per heavy atom. The van der Waals surface area contributed by atoms with Crippen molar-refractivity contribution < 1.29 is 34.6 Å². The molecule has 7 N–H and O–H groups in total. The van der Waals surface area contributed by atoms with E-state index in [2.05, 4.69) is 40.2 Å². The van der Waals surface area contributed by atoms with Crippen LogP contribution in [0.4, 0.5) is 0 Å². The molecule has 3 aliphatic rings. The highest BCUT2D eigenvalue weighted by Gasteiger charge is 2.68. The Labute approximate surface area is 222 Å². The summed E-state index contributed by atoms with van der Waals surface area (Å²) in [6, 6.07) is 16.9. The molecule has 208 valence electrons. The van der Waals surface area contributed by atoms with Crippen molar-refractivity contribution in [3.8, 4) is 11.1 Å². The number of aliphatic hydroxyl groups is 4. The normalized spacial score (nSPS) is 40.8. The van der Waals surface area contributed by atoms with E-state index in [-0.39, 0.29) is 13.0 Å². The van der Waals surface area contributed by atoms with Gasteiger partial charge in [0, 0.05) is 19.5 Å². The summed E-state index contributed by atoms with van der Waals surface area (Å²) < 4.78 is 18.1. The third kappa shape index (κ3) is 4.79. The van der Waals surface area contributed by atoms with Crippen molar-refractivity contribution in [3.63, 3.8) is 0 Å². The van der Waals surface area contributed by atoms with E-state index in [9.17, 15) is 20.4 Å². The fraction of sp³-hybridized carbons (Fsp3) is 0.571. The van der Waals surface area contributed by atoms with E-state index in [4.69, 9.17) is 14.2 Å². The Bertz CT molecular complexity index is 1080. The fourth-order valence-electron chi connectivity index (χ4n) is 6.09. The molecular weight excluding hydrogens is 490 g/mol. The lowest BCUT2D eigenvalue weighted by atomic mass is 9.77. The van der Waals surface area contributed by atoms with Gasteiger partial charge in [-0.3, -0.25) is 0 Å². The van der Waals surface area contributed by atoms with E-state index in [1.165, 1.54) is 0 Å². The lowest BCUT2D eigenvalue weighted by molar-refractivity contribution is -0.482. The summed E-state index contributed by atoms with van der Waals surface area (Å²) in [6.45, 7) is 2.25. The van der Waals surface area contributed by atoms with Gasteiger partial charge in [0.15, 0.2) is 0 Å². The van der Waals surface area contributed by atoms with Crippen molar-refractivity contribution in [3.05, 3.63) is 60.2 Å². The third-order valence-corrected chi connectivity index (χ3v) is 8.16. The number of ether oxygens (including phenoxy) is 3. The first-order valence-electron chi connectivity index (χ1n) is 13.2. The molecule has 2 aromatic rings. The molecule has 38 heavy (non-hydrogen) atoms. The van der Waals surface area contributed by atoms with Crippen LogP contribution < -0.4 is 16.0 Å². The van der Waals surface area contributed by atoms with Crippen molar-refractivity contribution in [1.82, 2.24) is 16.0 Å². The van der Waals surface area contributed by atoms with Crippen LogP contribution in [0.3, 0.4) is 0 Å². The Morgan fingerprint density at radius 1 is 0.842 bits per heavy atom. The third-order valence-electron chi connectivity index (χ3n) is 8.16. The quantitative estimate of drug-likeness (QED) is 0.255. The molecule has 0 bridgehead atoms. The number of hydrogen-bond donors (Lipinski definition) is 7. The molecule has 10 nitrogen and oxygen atoms in total. The number of fused-ring (bicyclic) bond motifs is 2. The highest BCUT2D eigenvalue weighted by atomic mass is 16.8. The number of aliphatic hydroxyl groups excluding tert-OH is 2. The van der Waals surface area contributed by atoms with Crippen molar-refractivity contribution in [2.75, 3.05) is 20.6 Å². The summed E-state index contributed by atoms with van der Waals surface area (Å²) >= 11 is 0. The monoisotopic (exact) mass is 529 g/mol. The number of rotatable bonds is 7. The molecule has 2 heterocycles. The minimum atomic E-state index is -2.23. The first-order chi connectivity index (χ1) is 18.2. The second-order valence-corrected chi connectivity index (χ2v) is 10.7. The first-order valence-corrected chi connectivity index (χ1v) is 13.2. The van der Waals surface area contributed by atoms with Crippen LogP contribution in [-0.4, -0.2) is 101 Å². The van der Waals surface area contributed by atoms with E-state index in [1.54, 1.807) is 21.0 Å². The van der Waals surface area contributed by atoms with Crippen LogP contribution in [-0.2, 0) is 20.8 Å². The highest BCUT2D eigenvalue weighted by Crippen LogP contribution is 2.46. The lowest BCUT2D eigenvalue weighted by Gasteiger charge is -2.60. The average molecular weight is 530 g/mol. The molecule has 2 aliphatic heterocycles. The van der Waals surface area contributed by atoms with Crippen LogP contribution in [0.1, 0.15) is 18.9 Å². The predicted octanol–water partition coefficient (Wildman–Crippen LogP) is -0.307. The molecule has 2 aromatic carbocycles. The van der Waals surface area contributed by atoms with Crippen LogP contribution in [0.2, 0.25) is 0 Å². The van der Waals surface area contributed by atoms with Gasteiger partial charge in [-0.15, -0.1) is 0 Å². The fourth-order valence-corrected chi connectivity index (χ4v) is 6.09. The molecule has 3 unspecified atom stereocenters. The molecule has 10 heteroatoms. The number of benzene rings is 2. The van der Waals surface area contributed by atoms with Crippen LogP contribution in [0.5, 0.6) is 0 Å². The van der Waals surface area contributed by atoms with E-state index in [0.29, 0.717) is 6.54 Å². The van der Waals surface area contributed by atoms with Gasteiger partial charge in [-0.2, -0.15) is 0 Å². The number of likely N-dealkylation sites (N-methyl/N-ethyl adjacent to an activating group) is 2. The van der Waals surface area contributed by atoms with Crippen molar-refractivity contribution >= 4 is 0 Å². The minimum absolute atomic E-state index is 0.00332. The van der Waals surface area contributed by atoms with Gasteiger partial charge in [-0.05, 0) is 37.7 Å². The average Bonchev–Trinajstić information content (AvgIpc) is 2.90. The van der Waals surface area contributed by atoms with E-state index >= 15 is 0 Å². The maximum absolute atomic E-state index is 11.8. The molecule has 0 aromatic heterocycles. The van der Waals surface area contributed by atoms with Gasteiger partial charge >= 0.3 is 0 Å². The summed E-state index contributed by atoms with van der Waals surface area (Å²) in [5, 5.41) is 54.5. The molecule has 10 atom stereocenters. The lowest BCUT2D eigenvalue weighted by Crippen LogP contribution is -2.81. The predicted molar refractivity (Wildman–Crippen MR) is 140 cm³/mol. The Morgan fingerprint density at radius 2 is 1.50 bits per heavy atom. The van der Waals surface area contributed by atoms with E-state index in [0.717, 1.165) is 16.7 Å². The van der Waals surface area contributed by atoms with E-state index in [1.807, 2.05) is 30.3 Å². The summed E-state index contributed by atoms with van der Waals surface area (Å²) in [7, 11) is 3.30. The van der Waals surface area contributed by atoms with Crippen LogP contribution in [0, 0.1) is 0 Å². The van der Waals surface area contributed by atoms with Crippen LogP contribution >= 0.6 is 0 Å². The van der Waals surface area contributed by atoms with Gasteiger partial charge in [0.2, 0.25) is 12.1 Å². The molecule has 3 fully saturated rings. The van der Waals surface area contributed by atoms with Gasteiger partial charge in [0.25, 0.3) is 0 Å². The summed E-state index contributed by atoms with van der Waals surface area (Å²) in [4.78, 5) is 0. The Balaban J connectivity index is 1.31. The van der Waals surface area contributed by atoms with Crippen LogP contribution in [0.25, 0.3) is 11.1 Å². The molecular formula is C28H39N3O7. The SMILES string of the molecule is CN[C@@H]1[C@H](O)[C@H](NC)C2O[C@]3(O)C(OC2[C@H]1O)O[C@H](C)C[C@@]3(O)CNCc1ccc(-c2ccccc2)cc1. The van der Waals surface area contributed by atoms with Gasteiger partial charge in [0.05, 0.1) is 24.3 Å². The maximum Gasteiger partial charge on any atom is 0.249 e. The second-order valence-electron chi connectivity index (χ2n) is 10.7. The zero-order valence-electron chi connectivity index (χ0n) is 21.9. The van der Waals surface area contributed by atoms with Crippen molar-refractivity contribution in [1.29, 1.82) is 0 Å². The van der Waals surface area contributed by atoms with Crippen molar-refractivity contribution in [2.45, 2.75) is 80.2 Å². The van der Waals surface area contributed by atoms with Gasteiger partial charge in [-0.1, -0.05) is 54.6 Å². The largest absolute Gasteiger partial charge is 0.390 e. The number of nitrogens with one attached hydrogen (secondary N) is 3. The second kappa shape index (κ2) is 10.9. The molecule has 2 saturated heterocycles. The van der Waals surface area contributed by atoms with Gasteiger partial charge in [0.1, 0.15) is 23.9 Å². The standard InChI is InChI=1S/C28H39N3O7/c1-16-13-27(34,15-31-14-17-9-11-19(12-10-17)18-7-5-4-6-8-18)28(35)26(36-16)37-25-23(33)20(29-2)22(32)21(30-3)24(25)38-28/h4-12,16,20-26,29-35H,13-15H2,1-3H3/t16-,20-,21+,22+,23+,24?,25?,26?,27-,28-/m1/s1. The zero-order chi connectivity index (χ0) is 27.1. The molecule has 5 rings (SSSR count). The zero-order valence-corrected chi connectivity index (χ0v) is 21.9. The first kappa shape index (κ1) is 27.6. The van der Waals surface area contributed by atoms with Crippen molar-refractivity contribution in [2.24, 2.45) is 0 Å². The number of hydrogen-bond acceptors (Lipinski definition) is 10. The maximum atomic E-state index is 11.8. The molecule has 0 amide bonds. The van der Waals surface area contributed by atoms with Gasteiger partial charge in [-0.25, -0.2) is 0 Å². The van der Waals surface area contributed by atoms with Gasteiger partial charge < -0.3 is 50.6 Å². The topological polar surface area (TPSA) is 145 Å². The van der Waals surface area contributed by atoms with Crippen LogP contribution in [0.15, 0.2) is 54.6 Å². The molecule has 0 spiro atoms. The summed E-state index contributed by atoms with van der Waals surface area (Å²) in [5.74, 6) is -2.23. The highest BCUT2D eigenvalue weighted by molar-refractivity contribution is 5.63. The van der Waals surface area contributed by atoms with E-state index < -0.39 is 60.3 Å².